The summed E-state index contributed by atoms with van der Waals surface area (Å²) in [5.74, 6) is 0.426. The number of carbonyl (C=O) groups excluding carboxylic acids is 1. The number of para-hydroxylation sites is 1. The fraction of sp³-hybridized carbons (Fsp3) is 0.120. The van der Waals surface area contributed by atoms with E-state index in [9.17, 15) is 20.2 Å². The van der Waals surface area contributed by atoms with Gasteiger partial charge in [-0.2, -0.15) is 5.26 Å². The molecule has 0 unspecified atom stereocenters. The third-order valence-corrected chi connectivity index (χ3v) is 5.78. The van der Waals surface area contributed by atoms with Crippen molar-refractivity contribution in [3.05, 3.63) is 90.5 Å². The van der Waals surface area contributed by atoms with Crippen LogP contribution in [-0.2, 0) is 4.79 Å². The number of ether oxygens (including phenoxy) is 2. The Morgan fingerprint density at radius 1 is 1.20 bits per heavy atom. The normalized spacial score (nSPS) is 10.9. The summed E-state index contributed by atoms with van der Waals surface area (Å²) in [6, 6.07) is 18.2. The minimum absolute atomic E-state index is 0.0562. The van der Waals surface area contributed by atoms with Gasteiger partial charge in [-0.25, -0.2) is 0 Å². The van der Waals surface area contributed by atoms with E-state index in [1.54, 1.807) is 42.5 Å². The summed E-state index contributed by atoms with van der Waals surface area (Å²) in [4.78, 5) is 22.8. The van der Waals surface area contributed by atoms with Crippen LogP contribution < -0.4 is 14.8 Å². The minimum Gasteiger partial charge on any atom is -0.490 e. The van der Waals surface area contributed by atoms with E-state index in [0.717, 1.165) is 0 Å². The lowest BCUT2D eigenvalue weighted by molar-refractivity contribution is -0.384. The third kappa shape index (κ3) is 6.94. The third-order valence-electron chi connectivity index (χ3n) is 4.65. The predicted molar refractivity (Wildman–Crippen MR) is 142 cm³/mol. The second kappa shape index (κ2) is 12.2. The molecule has 0 bridgehead atoms. The molecule has 8 nitrogen and oxygen atoms in total. The Balaban J connectivity index is 1.82. The van der Waals surface area contributed by atoms with Crippen molar-refractivity contribution in [2.75, 3.05) is 18.5 Å². The molecule has 0 saturated heterocycles. The highest BCUT2D eigenvalue weighted by Crippen LogP contribution is 2.35. The van der Waals surface area contributed by atoms with E-state index >= 15 is 0 Å². The summed E-state index contributed by atoms with van der Waals surface area (Å²) in [5, 5.41) is 23.6. The van der Waals surface area contributed by atoms with E-state index in [4.69, 9.17) is 21.1 Å². The number of nitro groups is 1. The van der Waals surface area contributed by atoms with E-state index in [1.807, 2.05) is 6.92 Å². The van der Waals surface area contributed by atoms with Crippen molar-refractivity contribution < 1.29 is 19.2 Å². The van der Waals surface area contributed by atoms with Crippen LogP contribution in [0.15, 0.2) is 60.7 Å². The Morgan fingerprint density at radius 2 is 1.91 bits per heavy atom. The number of anilines is 1. The number of amides is 1. The molecule has 0 aliphatic heterocycles. The van der Waals surface area contributed by atoms with Crippen molar-refractivity contribution in [1.82, 2.24) is 0 Å². The molecule has 0 radical (unpaired) electrons. The molecule has 35 heavy (non-hydrogen) atoms. The smallest absolute Gasteiger partial charge is 0.269 e. The van der Waals surface area contributed by atoms with E-state index in [2.05, 4.69) is 34.0 Å². The number of hydrogen-bond donors (Lipinski definition) is 1. The topological polar surface area (TPSA) is 114 Å². The lowest BCUT2D eigenvalue weighted by atomic mass is 10.0. The number of nitro benzene ring substituents is 1. The fourth-order valence-electron chi connectivity index (χ4n) is 3.07. The monoisotopic (exact) mass is 603 g/mol. The second-order valence-electron chi connectivity index (χ2n) is 7.05. The van der Waals surface area contributed by atoms with Crippen molar-refractivity contribution in [2.24, 2.45) is 0 Å². The van der Waals surface area contributed by atoms with Gasteiger partial charge in [0.05, 0.1) is 37.5 Å². The number of nitriles is 1. The number of allylic oxidation sites excluding steroid dienone is 1. The highest BCUT2D eigenvalue weighted by molar-refractivity contribution is 14.1. The lowest BCUT2D eigenvalue weighted by Gasteiger charge is -2.15. The number of rotatable bonds is 9. The molecule has 1 N–H and O–H groups in total. The van der Waals surface area contributed by atoms with Gasteiger partial charge in [0, 0.05) is 12.1 Å². The average molecular weight is 604 g/mol. The first-order valence-electron chi connectivity index (χ1n) is 10.3. The maximum atomic E-state index is 12.4. The summed E-state index contributed by atoms with van der Waals surface area (Å²) in [7, 11) is 0. The van der Waals surface area contributed by atoms with Crippen LogP contribution in [0.2, 0.25) is 5.02 Å². The Bertz CT molecular complexity index is 1320. The molecule has 0 saturated carbocycles. The molecular weight excluding hydrogens is 585 g/mol. The van der Waals surface area contributed by atoms with E-state index < -0.39 is 4.92 Å². The van der Waals surface area contributed by atoms with Gasteiger partial charge in [-0.15, -0.1) is 0 Å². The molecule has 0 aliphatic carbocycles. The van der Waals surface area contributed by atoms with Crippen molar-refractivity contribution in [2.45, 2.75) is 6.92 Å². The van der Waals surface area contributed by atoms with Gasteiger partial charge in [0.15, 0.2) is 18.1 Å². The highest BCUT2D eigenvalue weighted by atomic mass is 127. The fourth-order valence-corrected chi connectivity index (χ4v) is 4.03. The van der Waals surface area contributed by atoms with Crippen molar-refractivity contribution >= 4 is 63.1 Å². The Hall–Kier alpha value is -3.62. The maximum absolute atomic E-state index is 12.4. The van der Waals surface area contributed by atoms with Crippen LogP contribution in [0.5, 0.6) is 11.5 Å². The van der Waals surface area contributed by atoms with Gasteiger partial charge >= 0.3 is 0 Å². The summed E-state index contributed by atoms with van der Waals surface area (Å²) < 4.78 is 12.2. The predicted octanol–water partition coefficient (Wildman–Crippen LogP) is 6.33. The van der Waals surface area contributed by atoms with Gasteiger partial charge in [-0.1, -0.05) is 23.7 Å². The Morgan fingerprint density at radius 3 is 2.54 bits per heavy atom. The lowest BCUT2D eigenvalue weighted by Crippen LogP contribution is -2.21. The molecule has 1 amide bonds. The van der Waals surface area contributed by atoms with Crippen LogP contribution in [-0.4, -0.2) is 24.0 Å². The first-order chi connectivity index (χ1) is 16.8. The quantitative estimate of drug-likeness (QED) is 0.100. The molecule has 10 heteroatoms. The number of non-ortho nitro benzene ring substituents is 1. The van der Waals surface area contributed by atoms with E-state index in [1.165, 1.54) is 24.3 Å². The number of halogens is 2. The molecule has 0 aromatic heterocycles. The average Bonchev–Trinajstić information content (AvgIpc) is 2.83. The minimum atomic E-state index is -0.496. The second-order valence-corrected chi connectivity index (χ2v) is 8.62. The summed E-state index contributed by atoms with van der Waals surface area (Å²) in [6.45, 7) is 1.92. The number of hydrogen-bond acceptors (Lipinski definition) is 6. The van der Waals surface area contributed by atoms with Crippen molar-refractivity contribution in [1.29, 1.82) is 5.26 Å². The molecule has 0 fully saturated rings. The summed E-state index contributed by atoms with van der Waals surface area (Å²) >= 11 is 8.15. The standard InChI is InChI=1S/C25H19ClIN3O5/c1-2-34-23-13-16(11-18(14-28)17-7-9-19(10-8-17)30(32)33)12-21(27)25(23)35-15-24(31)29-22-6-4-3-5-20(22)26/h3-13H,2,15H2,1H3,(H,29,31)/b18-11+. The van der Waals surface area contributed by atoms with Crippen molar-refractivity contribution in [3.63, 3.8) is 0 Å². The van der Waals surface area contributed by atoms with E-state index in [0.29, 0.717) is 49.1 Å². The Labute approximate surface area is 220 Å². The van der Waals surface area contributed by atoms with Crippen molar-refractivity contribution in [3.8, 4) is 17.6 Å². The zero-order valence-corrected chi connectivity index (χ0v) is 21.4. The van der Waals surface area contributed by atoms with Gasteiger partial charge in [0.25, 0.3) is 11.6 Å². The first kappa shape index (κ1) is 26.0. The number of carbonyl (C=O) groups is 1. The zero-order valence-electron chi connectivity index (χ0n) is 18.5. The molecule has 3 aromatic carbocycles. The molecule has 178 valence electrons. The van der Waals surface area contributed by atoms with Crippen LogP contribution in [0.3, 0.4) is 0 Å². The van der Waals surface area contributed by atoms with Gasteiger partial charge in [0.2, 0.25) is 0 Å². The van der Waals surface area contributed by atoms with Gasteiger partial charge in [-0.05, 0) is 83.1 Å². The Kier molecular flexibility index (Phi) is 9.05. The van der Waals surface area contributed by atoms with Crippen LogP contribution in [0.4, 0.5) is 11.4 Å². The molecule has 0 heterocycles. The van der Waals surface area contributed by atoms with E-state index in [-0.39, 0.29) is 18.2 Å². The SMILES string of the molecule is CCOc1cc(/C=C(\C#N)c2ccc([N+](=O)[O-])cc2)cc(I)c1OCC(=O)Nc1ccccc1Cl. The molecule has 0 atom stereocenters. The molecule has 3 aromatic rings. The molecule has 3 rings (SSSR count). The molecular formula is C25H19ClIN3O5. The van der Waals surface area contributed by atoms with Crippen LogP contribution >= 0.6 is 34.2 Å². The van der Waals surface area contributed by atoms with Crippen LogP contribution in [0.1, 0.15) is 18.1 Å². The summed E-state index contributed by atoms with van der Waals surface area (Å²) in [5.41, 5.74) is 1.96. The van der Waals surface area contributed by atoms with Gasteiger partial charge in [0.1, 0.15) is 0 Å². The molecule has 0 aliphatic rings. The number of nitrogens with zero attached hydrogens (tertiary/aromatic N) is 2. The summed E-state index contributed by atoms with van der Waals surface area (Å²) in [6.07, 6.45) is 1.65. The molecule has 0 spiro atoms. The first-order valence-corrected chi connectivity index (χ1v) is 11.8. The maximum Gasteiger partial charge on any atom is 0.269 e. The van der Waals surface area contributed by atoms with Gasteiger partial charge < -0.3 is 14.8 Å². The number of benzene rings is 3. The largest absolute Gasteiger partial charge is 0.490 e. The zero-order chi connectivity index (χ0) is 25.4. The van der Waals surface area contributed by atoms with Crippen LogP contribution in [0.25, 0.3) is 11.6 Å². The highest BCUT2D eigenvalue weighted by Gasteiger charge is 2.15. The van der Waals surface area contributed by atoms with Gasteiger partial charge in [-0.3, -0.25) is 14.9 Å². The van der Waals surface area contributed by atoms with Crippen LogP contribution in [0, 0.1) is 25.0 Å². The number of nitrogens with one attached hydrogen (secondary N) is 1.